The number of alkyl halides is 3. The Morgan fingerprint density at radius 1 is 1.17 bits per heavy atom. The number of methoxy groups -OCH3 is 1. The minimum absolute atomic E-state index is 0.115. The van der Waals surface area contributed by atoms with Gasteiger partial charge in [0.25, 0.3) is 5.91 Å². The number of anilines is 3. The number of carbonyl (C=O) groups is 1. The van der Waals surface area contributed by atoms with Crippen LogP contribution >= 0.6 is 11.3 Å². The molecule has 1 aliphatic heterocycles. The molecule has 1 saturated heterocycles. The number of rotatable bonds is 8. The molecule has 2 aromatic heterocycles. The van der Waals surface area contributed by atoms with Crippen LogP contribution in [0.1, 0.15) is 24.5 Å². The number of piperidine rings is 1. The van der Waals surface area contributed by atoms with Gasteiger partial charge in [-0.25, -0.2) is 4.39 Å². The van der Waals surface area contributed by atoms with E-state index in [-0.39, 0.29) is 11.2 Å². The first-order valence-corrected chi connectivity index (χ1v) is 11.5. The molecule has 3 aromatic rings. The molecule has 10 nitrogen and oxygen atoms in total. The largest absolute Gasteiger partial charge is 0.573 e. The van der Waals surface area contributed by atoms with Crippen molar-refractivity contribution in [3.63, 3.8) is 0 Å². The number of halogens is 4. The smallest absolute Gasteiger partial charge is 0.406 e. The number of amides is 1. The zero-order valence-corrected chi connectivity index (χ0v) is 19.6. The van der Waals surface area contributed by atoms with Crippen molar-refractivity contribution in [2.75, 3.05) is 35.7 Å². The lowest BCUT2D eigenvalue weighted by molar-refractivity contribution is -0.274. The highest BCUT2D eigenvalue weighted by atomic mass is 32.1. The fraction of sp³-hybridized carbons (Fsp3) is 0.381. The Bertz CT molecular complexity index is 1170. The highest BCUT2D eigenvalue weighted by Crippen LogP contribution is 2.30. The van der Waals surface area contributed by atoms with Gasteiger partial charge in [-0.3, -0.25) is 10.1 Å². The van der Waals surface area contributed by atoms with E-state index in [1.807, 2.05) is 12.1 Å². The summed E-state index contributed by atoms with van der Waals surface area (Å²) < 4.78 is 60.7. The van der Waals surface area contributed by atoms with Gasteiger partial charge >= 0.3 is 6.36 Å². The van der Waals surface area contributed by atoms with Crippen molar-refractivity contribution >= 4 is 33.3 Å². The topological polar surface area (TPSA) is 114 Å². The maximum Gasteiger partial charge on any atom is 0.573 e. The molecule has 1 fully saturated rings. The summed E-state index contributed by atoms with van der Waals surface area (Å²) >= 11 is 1.07. The second kappa shape index (κ2) is 11.0. The van der Waals surface area contributed by atoms with E-state index in [2.05, 4.69) is 40.7 Å². The van der Waals surface area contributed by atoms with E-state index >= 15 is 0 Å². The van der Waals surface area contributed by atoms with Crippen molar-refractivity contribution in [2.24, 2.45) is 0 Å². The van der Waals surface area contributed by atoms with Gasteiger partial charge in [-0.15, -0.1) is 28.5 Å². The zero-order valence-electron chi connectivity index (χ0n) is 18.8. The van der Waals surface area contributed by atoms with Crippen LogP contribution in [0, 0.1) is 5.82 Å². The zero-order chi connectivity index (χ0) is 25.7. The van der Waals surface area contributed by atoms with Crippen molar-refractivity contribution in [1.29, 1.82) is 0 Å². The molecule has 0 unspecified atom stereocenters. The lowest BCUT2D eigenvalue weighted by Crippen LogP contribution is -2.39. The Morgan fingerprint density at radius 2 is 1.92 bits per heavy atom. The van der Waals surface area contributed by atoms with Crippen LogP contribution in [0.15, 0.2) is 36.5 Å². The molecule has 0 spiro atoms. The van der Waals surface area contributed by atoms with Crippen LogP contribution in [-0.4, -0.2) is 58.9 Å². The highest BCUT2D eigenvalue weighted by molar-refractivity contribution is 7.19. The van der Waals surface area contributed by atoms with E-state index in [0.29, 0.717) is 5.13 Å². The number of ether oxygens (including phenoxy) is 2. The number of nitrogens with one attached hydrogen (secondary N) is 2. The molecule has 1 aliphatic rings. The number of aromatic nitrogens is 4. The molecule has 0 bridgehead atoms. The molecule has 4 rings (SSSR count). The van der Waals surface area contributed by atoms with Gasteiger partial charge in [0.15, 0.2) is 11.9 Å². The fourth-order valence-electron chi connectivity index (χ4n) is 3.69. The maximum atomic E-state index is 14.3. The molecular weight excluding hydrogens is 506 g/mol. The average molecular weight is 528 g/mol. The minimum Gasteiger partial charge on any atom is -0.406 e. The van der Waals surface area contributed by atoms with Crippen molar-refractivity contribution < 1.29 is 31.8 Å². The Kier molecular flexibility index (Phi) is 7.79. The normalized spacial score (nSPS) is 15.4. The molecule has 3 heterocycles. The van der Waals surface area contributed by atoms with Crippen LogP contribution in [0.4, 0.5) is 33.6 Å². The molecule has 1 aromatic carbocycles. The summed E-state index contributed by atoms with van der Waals surface area (Å²) in [6.45, 7) is 1.55. The van der Waals surface area contributed by atoms with Crippen LogP contribution in [0.3, 0.4) is 0 Å². The van der Waals surface area contributed by atoms with Crippen LogP contribution < -0.4 is 20.3 Å². The van der Waals surface area contributed by atoms with E-state index in [4.69, 9.17) is 4.74 Å². The third-order valence-electron chi connectivity index (χ3n) is 5.32. The van der Waals surface area contributed by atoms with E-state index in [0.717, 1.165) is 68.4 Å². The summed E-state index contributed by atoms with van der Waals surface area (Å²) in [6.07, 6.45) is -3.26. The molecule has 0 radical (unpaired) electrons. The van der Waals surface area contributed by atoms with Crippen molar-refractivity contribution in [1.82, 2.24) is 20.4 Å². The van der Waals surface area contributed by atoms with Gasteiger partial charge in [0.2, 0.25) is 10.3 Å². The van der Waals surface area contributed by atoms with Crippen LogP contribution in [-0.2, 0) is 9.53 Å². The fourth-order valence-corrected chi connectivity index (χ4v) is 4.41. The summed E-state index contributed by atoms with van der Waals surface area (Å²) in [5.74, 6) is -1.63. The summed E-state index contributed by atoms with van der Waals surface area (Å²) in [5.41, 5.74) is -0.422. The standard InChI is InChI=1S/C21H21F4N7O3S/c1-34-17(14-11-13(4-5-15(14)22)35-21(23,24)25)18(33)28-20-31-30-19(36-20)27-12-6-9-32(10-7-12)16-3-2-8-26-29-16/h2-5,8,11-12,17H,6-7,9-10H2,1H3,(H,27,30)(H,28,31,33)/t17-/m1/s1. The number of nitrogens with zero attached hydrogens (tertiary/aromatic N) is 5. The molecule has 15 heteroatoms. The Labute approximate surface area is 206 Å². The van der Waals surface area contributed by atoms with Gasteiger partial charge in [-0.2, -0.15) is 5.10 Å². The maximum absolute atomic E-state index is 14.3. The number of hydrogen-bond acceptors (Lipinski definition) is 10. The summed E-state index contributed by atoms with van der Waals surface area (Å²) in [7, 11) is 1.13. The second-order valence-corrected chi connectivity index (χ2v) is 8.71. The predicted octanol–water partition coefficient (Wildman–Crippen LogP) is 3.77. The van der Waals surface area contributed by atoms with E-state index in [9.17, 15) is 22.4 Å². The Balaban J connectivity index is 1.35. The molecule has 192 valence electrons. The summed E-state index contributed by atoms with van der Waals surface area (Å²) in [5, 5.41) is 22.3. The van der Waals surface area contributed by atoms with Crippen LogP contribution in [0.5, 0.6) is 5.75 Å². The van der Waals surface area contributed by atoms with E-state index in [1.165, 1.54) is 0 Å². The monoisotopic (exact) mass is 527 g/mol. The lowest BCUT2D eigenvalue weighted by Gasteiger charge is -2.32. The van der Waals surface area contributed by atoms with E-state index < -0.39 is 35.5 Å². The first kappa shape index (κ1) is 25.5. The third-order valence-corrected chi connectivity index (χ3v) is 6.09. The van der Waals surface area contributed by atoms with Crippen molar-refractivity contribution in [3.8, 4) is 5.75 Å². The number of benzene rings is 1. The number of carbonyl (C=O) groups excluding carboxylic acids is 1. The van der Waals surface area contributed by atoms with E-state index in [1.54, 1.807) is 6.20 Å². The average Bonchev–Trinajstić information content (AvgIpc) is 3.28. The predicted molar refractivity (Wildman–Crippen MR) is 122 cm³/mol. The SMILES string of the molecule is CO[C@@H](C(=O)Nc1nnc(NC2CCN(c3cccnn3)CC2)s1)c1cc(OC(F)(F)F)ccc1F. The molecule has 1 atom stereocenters. The summed E-state index contributed by atoms with van der Waals surface area (Å²) in [6, 6.07) is 6.19. The molecular formula is C21H21F4N7O3S. The first-order valence-electron chi connectivity index (χ1n) is 10.7. The lowest BCUT2D eigenvalue weighted by atomic mass is 10.1. The quantitative estimate of drug-likeness (QED) is 0.423. The third kappa shape index (κ3) is 6.54. The number of hydrogen-bond donors (Lipinski definition) is 2. The van der Waals surface area contributed by atoms with Crippen LogP contribution in [0.25, 0.3) is 0 Å². The van der Waals surface area contributed by atoms with Gasteiger partial charge in [0.1, 0.15) is 11.6 Å². The highest BCUT2D eigenvalue weighted by Gasteiger charge is 2.32. The Hall–Kier alpha value is -3.59. The molecule has 1 amide bonds. The van der Waals surface area contributed by atoms with Gasteiger partial charge in [-0.1, -0.05) is 11.3 Å². The minimum atomic E-state index is -4.97. The van der Waals surface area contributed by atoms with Gasteiger partial charge in [0, 0.05) is 38.0 Å². The molecule has 36 heavy (non-hydrogen) atoms. The summed E-state index contributed by atoms with van der Waals surface area (Å²) in [4.78, 5) is 14.8. The van der Waals surface area contributed by atoms with Gasteiger partial charge < -0.3 is 19.7 Å². The molecule has 0 saturated carbocycles. The second-order valence-electron chi connectivity index (χ2n) is 7.74. The molecule has 0 aliphatic carbocycles. The van der Waals surface area contributed by atoms with Gasteiger partial charge in [0.05, 0.1) is 0 Å². The van der Waals surface area contributed by atoms with Crippen molar-refractivity contribution in [2.45, 2.75) is 31.3 Å². The Morgan fingerprint density at radius 3 is 2.58 bits per heavy atom. The van der Waals surface area contributed by atoms with Crippen LogP contribution in [0.2, 0.25) is 0 Å². The molecule has 2 N–H and O–H groups in total. The van der Waals surface area contributed by atoms with Gasteiger partial charge in [-0.05, 0) is 43.2 Å². The van der Waals surface area contributed by atoms with Crippen molar-refractivity contribution in [3.05, 3.63) is 47.9 Å². The first-order chi connectivity index (χ1) is 17.2.